The molecule has 0 bridgehead atoms. The van der Waals surface area contributed by atoms with E-state index in [0.29, 0.717) is 6.04 Å². The van der Waals surface area contributed by atoms with E-state index in [1.54, 1.807) is 12.1 Å². The second kappa shape index (κ2) is 7.14. The van der Waals surface area contributed by atoms with E-state index < -0.39 is 0 Å². The molecule has 0 saturated carbocycles. The summed E-state index contributed by atoms with van der Waals surface area (Å²) in [4.78, 5) is 2.44. The zero-order chi connectivity index (χ0) is 16.2. The van der Waals surface area contributed by atoms with E-state index in [-0.39, 0.29) is 11.9 Å². The van der Waals surface area contributed by atoms with E-state index in [1.807, 2.05) is 32.0 Å². The molecule has 1 unspecified atom stereocenters. The molecule has 1 fully saturated rings. The summed E-state index contributed by atoms with van der Waals surface area (Å²) in [5.41, 5.74) is 2.35. The van der Waals surface area contributed by atoms with Gasteiger partial charge in [-0.3, -0.25) is 4.90 Å². The fourth-order valence-corrected chi connectivity index (χ4v) is 3.29. The second-order valence-electron chi connectivity index (χ2n) is 6.49. The summed E-state index contributed by atoms with van der Waals surface area (Å²) in [6.45, 7) is 6.01. The number of nitrogens with zero attached hydrogens (tertiary/aromatic N) is 1. The topological polar surface area (TPSA) is 12.5 Å². The first-order valence-corrected chi connectivity index (χ1v) is 8.37. The maximum atomic E-state index is 13.5. The van der Waals surface area contributed by atoms with Crippen molar-refractivity contribution >= 4 is 0 Å². The molecule has 0 radical (unpaired) electrons. The SMILES string of the molecule is CC(C)Oc1ccc(CN2CCCC2c2cccc(F)c2)cc1. The van der Waals surface area contributed by atoms with Crippen molar-refractivity contribution in [1.29, 1.82) is 0 Å². The van der Waals surface area contributed by atoms with Gasteiger partial charge in [0.1, 0.15) is 11.6 Å². The van der Waals surface area contributed by atoms with Crippen LogP contribution in [0.4, 0.5) is 4.39 Å². The van der Waals surface area contributed by atoms with Crippen LogP contribution in [0.5, 0.6) is 5.75 Å². The van der Waals surface area contributed by atoms with Gasteiger partial charge in [-0.15, -0.1) is 0 Å². The summed E-state index contributed by atoms with van der Waals surface area (Å²) in [5.74, 6) is 0.761. The summed E-state index contributed by atoms with van der Waals surface area (Å²) in [6.07, 6.45) is 2.45. The molecule has 1 heterocycles. The molecule has 2 nitrogen and oxygen atoms in total. The Morgan fingerprint density at radius 3 is 2.65 bits per heavy atom. The molecular weight excluding hydrogens is 289 g/mol. The lowest BCUT2D eigenvalue weighted by molar-refractivity contribution is 0.240. The molecule has 23 heavy (non-hydrogen) atoms. The molecular formula is C20H24FNO. The Hall–Kier alpha value is -1.87. The van der Waals surface area contributed by atoms with Gasteiger partial charge < -0.3 is 4.74 Å². The van der Waals surface area contributed by atoms with Crippen LogP contribution in [-0.2, 0) is 6.54 Å². The van der Waals surface area contributed by atoms with Gasteiger partial charge in [-0.1, -0.05) is 24.3 Å². The van der Waals surface area contributed by atoms with E-state index in [2.05, 4.69) is 17.0 Å². The fourth-order valence-electron chi connectivity index (χ4n) is 3.29. The van der Waals surface area contributed by atoms with Crippen LogP contribution >= 0.6 is 0 Å². The fraction of sp³-hybridized carbons (Fsp3) is 0.400. The van der Waals surface area contributed by atoms with E-state index in [1.165, 1.54) is 11.6 Å². The van der Waals surface area contributed by atoms with Crippen molar-refractivity contribution in [1.82, 2.24) is 4.90 Å². The third-order valence-electron chi connectivity index (χ3n) is 4.28. The first-order valence-electron chi connectivity index (χ1n) is 8.37. The molecule has 0 spiro atoms. The first kappa shape index (κ1) is 16.0. The van der Waals surface area contributed by atoms with E-state index in [0.717, 1.165) is 37.2 Å². The lowest BCUT2D eigenvalue weighted by Crippen LogP contribution is -2.22. The molecule has 1 aliphatic rings. The molecule has 1 atom stereocenters. The maximum Gasteiger partial charge on any atom is 0.123 e. The standard InChI is InChI=1S/C20H24FNO/c1-15(2)23-19-10-8-16(9-11-19)14-22-12-4-7-20(22)17-5-3-6-18(21)13-17/h3,5-6,8-11,13,15,20H,4,7,12,14H2,1-2H3. The van der Waals surface area contributed by atoms with Crippen LogP contribution in [0.25, 0.3) is 0 Å². The zero-order valence-electron chi connectivity index (χ0n) is 13.8. The minimum absolute atomic E-state index is 0.149. The molecule has 0 aliphatic carbocycles. The van der Waals surface area contributed by atoms with Gasteiger partial charge >= 0.3 is 0 Å². The van der Waals surface area contributed by atoms with Gasteiger partial charge in [-0.2, -0.15) is 0 Å². The molecule has 2 aromatic carbocycles. The highest BCUT2D eigenvalue weighted by Gasteiger charge is 2.26. The smallest absolute Gasteiger partial charge is 0.123 e. The first-order chi connectivity index (χ1) is 11.1. The molecule has 0 amide bonds. The van der Waals surface area contributed by atoms with Crippen molar-refractivity contribution in [3.05, 3.63) is 65.5 Å². The lowest BCUT2D eigenvalue weighted by atomic mass is 10.0. The Morgan fingerprint density at radius 2 is 1.96 bits per heavy atom. The quantitative estimate of drug-likeness (QED) is 0.774. The van der Waals surface area contributed by atoms with Crippen molar-refractivity contribution in [3.63, 3.8) is 0 Å². The number of halogens is 1. The van der Waals surface area contributed by atoms with Crippen LogP contribution in [0.2, 0.25) is 0 Å². The van der Waals surface area contributed by atoms with Crippen molar-refractivity contribution in [2.75, 3.05) is 6.54 Å². The van der Waals surface area contributed by atoms with Crippen LogP contribution < -0.4 is 4.74 Å². The number of ether oxygens (including phenoxy) is 1. The third kappa shape index (κ3) is 4.11. The summed E-state index contributed by atoms with van der Waals surface area (Å²) in [5, 5.41) is 0. The maximum absolute atomic E-state index is 13.5. The molecule has 3 heteroatoms. The molecule has 2 aromatic rings. The van der Waals surface area contributed by atoms with Crippen LogP contribution in [0.15, 0.2) is 48.5 Å². The summed E-state index contributed by atoms with van der Waals surface area (Å²) < 4.78 is 19.2. The van der Waals surface area contributed by atoms with E-state index >= 15 is 0 Å². The van der Waals surface area contributed by atoms with Gasteiger partial charge in [-0.05, 0) is 68.6 Å². The number of rotatable bonds is 5. The molecule has 1 saturated heterocycles. The van der Waals surface area contributed by atoms with Crippen molar-refractivity contribution in [2.24, 2.45) is 0 Å². The molecule has 0 aromatic heterocycles. The number of benzene rings is 2. The number of likely N-dealkylation sites (tertiary alicyclic amines) is 1. The average Bonchev–Trinajstić information content (AvgIpc) is 2.97. The second-order valence-corrected chi connectivity index (χ2v) is 6.49. The Morgan fingerprint density at radius 1 is 1.17 bits per heavy atom. The van der Waals surface area contributed by atoms with Gasteiger partial charge in [0.25, 0.3) is 0 Å². The van der Waals surface area contributed by atoms with Crippen LogP contribution in [0, 0.1) is 5.82 Å². The highest BCUT2D eigenvalue weighted by Crippen LogP contribution is 2.33. The molecule has 122 valence electrons. The van der Waals surface area contributed by atoms with Crippen molar-refractivity contribution in [3.8, 4) is 5.75 Å². The average molecular weight is 313 g/mol. The third-order valence-corrected chi connectivity index (χ3v) is 4.28. The normalized spacial score (nSPS) is 18.5. The molecule has 0 N–H and O–H groups in total. The Labute approximate surface area is 137 Å². The summed E-state index contributed by atoms with van der Waals surface area (Å²) >= 11 is 0. The number of hydrogen-bond donors (Lipinski definition) is 0. The van der Waals surface area contributed by atoms with E-state index in [9.17, 15) is 4.39 Å². The van der Waals surface area contributed by atoms with Crippen molar-refractivity contribution < 1.29 is 9.13 Å². The van der Waals surface area contributed by atoms with Crippen LogP contribution in [0.1, 0.15) is 43.9 Å². The summed E-state index contributed by atoms with van der Waals surface area (Å²) in [6, 6.07) is 15.6. The van der Waals surface area contributed by atoms with Crippen molar-refractivity contribution in [2.45, 2.75) is 45.4 Å². The zero-order valence-corrected chi connectivity index (χ0v) is 13.8. The van der Waals surface area contributed by atoms with Crippen LogP contribution in [-0.4, -0.2) is 17.5 Å². The predicted octanol–water partition coefficient (Wildman–Crippen LogP) is 4.95. The minimum atomic E-state index is -0.149. The van der Waals surface area contributed by atoms with Gasteiger partial charge in [0.15, 0.2) is 0 Å². The van der Waals surface area contributed by atoms with E-state index in [4.69, 9.17) is 4.74 Å². The Balaban J connectivity index is 1.69. The lowest BCUT2D eigenvalue weighted by Gasteiger charge is -2.25. The van der Waals surface area contributed by atoms with Gasteiger partial charge in [0, 0.05) is 12.6 Å². The Bertz CT molecular complexity index is 638. The molecule has 3 rings (SSSR count). The largest absolute Gasteiger partial charge is 0.491 e. The Kier molecular flexibility index (Phi) is 4.97. The monoisotopic (exact) mass is 313 g/mol. The molecule has 1 aliphatic heterocycles. The van der Waals surface area contributed by atoms with Crippen LogP contribution in [0.3, 0.4) is 0 Å². The predicted molar refractivity (Wildman–Crippen MR) is 91.0 cm³/mol. The highest BCUT2D eigenvalue weighted by molar-refractivity contribution is 5.28. The minimum Gasteiger partial charge on any atom is -0.491 e. The summed E-state index contributed by atoms with van der Waals surface area (Å²) in [7, 11) is 0. The van der Waals surface area contributed by atoms with Gasteiger partial charge in [-0.25, -0.2) is 4.39 Å². The number of hydrogen-bond acceptors (Lipinski definition) is 2. The van der Waals surface area contributed by atoms with Gasteiger partial charge in [0.05, 0.1) is 6.10 Å². The van der Waals surface area contributed by atoms with Gasteiger partial charge in [0.2, 0.25) is 0 Å². The highest BCUT2D eigenvalue weighted by atomic mass is 19.1.